The number of hydrogen-bond donors (Lipinski definition) is 4. The van der Waals surface area contributed by atoms with Gasteiger partial charge in [-0.1, -0.05) is 127 Å². The minimum absolute atomic E-state index is 0.0305. The molecule has 0 bridgehead atoms. The maximum absolute atomic E-state index is 12.6. The molecule has 19 heteroatoms. The van der Waals surface area contributed by atoms with Crippen LogP contribution >= 0.6 is 23.5 Å². The third kappa shape index (κ3) is 17.6. The van der Waals surface area contributed by atoms with Gasteiger partial charge in [-0.15, -0.1) is 0 Å². The molecule has 16 nitrogen and oxygen atoms in total. The van der Waals surface area contributed by atoms with Crippen LogP contribution in [0.15, 0.2) is 52.2 Å². The van der Waals surface area contributed by atoms with E-state index in [-0.39, 0.29) is 11.3 Å². The lowest BCUT2D eigenvalue weighted by molar-refractivity contribution is -0.0105. The van der Waals surface area contributed by atoms with Gasteiger partial charge in [0.15, 0.2) is 12.0 Å². The number of Topliss-reactive ketones (excluding diaryl/α,β-unsaturated/α-hetero) is 1. The predicted octanol–water partition coefficient (Wildman–Crippen LogP) is 8.31. The van der Waals surface area contributed by atoms with E-state index in [2.05, 4.69) is 25.1 Å². The van der Waals surface area contributed by atoms with Gasteiger partial charge in [0.2, 0.25) is 0 Å². The number of ether oxygens (including phenoxy) is 1. The van der Waals surface area contributed by atoms with Crippen molar-refractivity contribution >= 4 is 29.3 Å². The molecule has 0 spiro atoms. The Morgan fingerprint density at radius 1 is 0.759 bits per heavy atom. The zero-order valence-electron chi connectivity index (χ0n) is 31.0. The van der Waals surface area contributed by atoms with Crippen LogP contribution in [0.1, 0.15) is 137 Å². The normalized spacial score (nSPS) is 19.0. The lowest BCUT2D eigenvalue weighted by Crippen LogP contribution is -2.33. The fourth-order valence-corrected chi connectivity index (χ4v) is 9.25. The van der Waals surface area contributed by atoms with E-state index in [1.807, 2.05) is 0 Å². The highest BCUT2D eigenvalue weighted by molar-refractivity contribution is 7.66. The first kappa shape index (κ1) is 46.1. The highest BCUT2D eigenvalue weighted by atomic mass is 31.3. The fraction of sp³-hybridized carbons (Fsp3) is 0.629. The molecule has 54 heavy (non-hydrogen) atoms. The molecule has 4 N–H and O–H groups in total. The SMILES string of the molecule is CCCCCCCCCCCCCCCCCC(=O)c1ccc(COP(=O)(O)OP(=O)(O)OP(=O)(O)OCC2C=CC(n3cc(C)c(=O)[nH]c3=O)O2)cc1. The number of carbonyl (C=O) groups excluding carboxylic acids is 1. The second-order valence-electron chi connectivity index (χ2n) is 13.4. The molecule has 0 saturated carbocycles. The third-order valence-electron chi connectivity index (χ3n) is 8.72. The van der Waals surface area contributed by atoms with Crippen molar-refractivity contribution < 1.29 is 55.6 Å². The molecule has 304 valence electrons. The molecule has 0 saturated heterocycles. The van der Waals surface area contributed by atoms with Crippen molar-refractivity contribution in [1.82, 2.24) is 9.55 Å². The van der Waals surface area contributed by atoms with E-state index in [1.165, 1.54) is 114 Å². The monoisotopic (exact) mass is 820 g/mol. The number of rotatable bonds is 28. The summed E-state index contributed by atoms with van der Waals surface area (Å²) in [6.45, 7) is 2.44. The van der Waals surface area contributed by atoms with Crippen LogP contribution in [0, 0.1) is 6.92 Å². The number of benzene rings is 1. The van der Waals surface area contributed by atoms with Crippen molar-refractivity contribution in [2.45, 2.75) is 136 Å². The van der Waals surface area contributed by atoms with Gasteiger partial charge in [-0.05, 0) is 25.0 Å². The molecular weight excluding hydrogens is 765 g/mol. The van der Waals surface area contributed by atoms with Crippen LogP contribution in [0.2, 0.25) is 0 Å². The number of phosphoric ester groups is 2. The number of unbranched alkanes of at least 4 members (excludes halogenated alkanes) is 14. The Balaban J connectivity index is 1.29. The predicted molar refractivity (Wildman–Crippen MR) is 202 cm³/mol. The highest BCUT2D eigenvalue weighted by Gasteiger charge is 2.42. The maximum atomic E-state index is 12.6. The average molecular weight is 821 g/mol. The van der Waals surface area contributed by atoms with Gasteiger partial charge in [-0.3, -0.25) is 28.2 Å². The smallest absolute Gasteiger partial charge is 0.344 e. The van der Waals surface area contributed by atoms with Crippen LogP contribution in [-0.4, -0.2) is 42.7 Å². The number of aromatic nitrogens is 2. The van der Waals surface area contributed by atoms with E-state index in [9.17, 15) is 42.8 Å². The number of carbonyl (C=O) groups is 1. The summed E-state index contributed by atoms with van der Waals surface area (Å²) in [5.41, 5.74) is -0.307. The van der Waals surface area contributed by atoms with E-state index in [4.69, 9.17) is 9.26 Å². The molecule has 0 fully saturated rings. The van der Waals surface area contributed by atoms with Gasteiger partial charge in [0.1, 0.15) is 6.10 Å². The van der Waals surface area contributed by atoms with Gasteiger partial charge in [-0.25, -0.2) is 18.5 Å². The summed E-state index contributed by atoms with van der Waals surface area (Å²) in [5, 5.41) is 0. The first-order valence-corrected chi connectivity index (χ1v) is 23.1. The van der Waals surface area contributed by atoms with Gasteiger partial charge in [-0.2, -0.15) is 8.62 Å². The standard InChI is InChI=1S/C35H55N2O14P3/c1-3-4-5-6-7-8-9-10-11-12-13-14-15-16-17-18-32(38)30-21-19-29(20-22-30)26-47-52(41,42)50-54(45,46)51-53(43,44)48-27-31-23-24-33(49-31)37-25-28(2)34(39)36-35(37)40/h19-25,31,33H,3-18,26-27H2,1-2H3,(H,41,42)(H,43,44)(H,45,46)(H,36,39,40). The Morgan fingerprint density at radius 2 is 1.28 bits per heavy atom. The van der Waals surface area contributed by atoms with E-state index < -0.39 is 60.3 Å². The molecule has 2 aromatic rings. The number of H-pyrrole nitrogens is 1. The maximum Gasteiger partial charge on any atom is 0.490 e. The van der Waals surface area contributed by atoms with Crippen LogP contribution in [0.3, 0.4) is 0 Å². The molecule has 5 atom stereocenters. The molecule has 5 unspecified atom stereocenters. The molecular formula is C35H55N2O14P3. The van der Waals surface area contributed by atoms with Crippen molar-refractivity contribution in [2.75, 3.05) is 6.61 Å². The van der Waals surface area contributed by atoms with Gasteiger partial charge in [0, 0.05) is 23.7 Å². The van der Waals surface area contributed by atoms with Gasteiger partial charge >= 0.3 is 29.2 Å². The molecule has 1 aromatic heterocycles. The van der Waals surface area contributed by atoms with Crippen molar-refractivity contribution in [3.63, 3.8) is 0 Å². The number of aromatic amines is 1. The summed E-state index contributed by atoms with van der Waals surface area (Å²) in [6, 6.07) is 6.06. The summed E-state index contributed by atoms with van der Waals surface area (Å²) in [5.74, 6) is -0.0305. The van der Waals surface area contributed by atoms with Crippen molar-refractivity contribution in [2.24, 2.45) is 0 Å². The average Bonchev–Trinajstić information content (AvgIpc) is 3.58. The summed E-state index contributed by atoms with van der Waals surface area (Å²) in [6.07, 6.45) is 21.0. The summed E-state index contributed by atoms with van der Waals surface area (Å²) in [7, 11) is -16.4. The van der Waals surface area contributed by atoms with Crippen LogP contribution in [0.4, 0.5) is 0 Å². The molecule has 0 amide bonds. The van der Waals surface area contributed by atoms with Gasteiger partial charge in [0.25, 0.3) is 5.56 Å². The van der Waals surface area contributed by atoms with Crippen LogP contribution < -0.4 is 11.2 Å². The number of hydrogen-bond acceptors (Lipinski definition) is 11. The quantitative estimate of drug-likeness (QED) is 0.0274. The molecule has 1 aliphatic rings. The van der Waals surface area contributed by atoms with E-state index >= 15 is 0 Å². The van der Waals surface area contributed by atoms with E-state index in [0.717, 1.165) is 23.8 Å². The number of aryl methyl sites for hydroxylation is 1. The second kappa shape index (κ2) is 23.0. The first-order valence-electron chi connectivity index (χ1n) is 18.6. The minimum Gasteiger partial charge on any atom is -0.344 e. The Morgan fingerprint density at radius 3 is 1.83 bits per heavy atom. The van der Waals surface area contributed by atoms with Crippen LogP contribution in [-0.2, 0) is 42.7 Å². The molecule has 0 radical (unpaired) electrons. The Kier molecular flexibility index (Phi) is 19.7. The van der Waals surface area contributed by atoms with Gasteiger partial charge in [0.05, 0.1) is 13.2 Å². The largest absolute Gasteiger partial charge is 0.490 e. The lowest BCUT2D eigenvalue weighted by atomic mass is 10.0. The van der Waals surface area contributed by atoms with E-state index in [1.54, 1.807) is 12.1 Å². The van der Waals surface area contributed by atoms with Crippen LogP contribution in [0.5, 0.6) is 0 Å². The number of nitrogens with one attached hydrogen (secondary N) is 1. The van der Waals surface area contributed by atoms with Crippen molar-refractivity contribution in [1.29, 1.82) is 0 Å². The van der Waals surface area contributed by atoms with Crippen molar-refractivity contribution in [3.05, 3.63) is 80.1 Å². The Labute approximate surface area is 316 Å². The molecule has 3 rings (SSSR count). The first-order chi connectivity index (χ1) is 25.6. The molecule has 2 heterocycles. The fourth-order valence-electron chi connectivity index (χ4n) is 5.75. The van der Waals surface area contributed by atoms with E-state index in [0.29, 0.717) is 17.5 Å². The zero-order valence-corrected chi connectivity index (χ0v) is 33.7. The summed E-state index contributed by atoms with van der Waals surface area (Å²) >= 11 is 0. The zero-order chi connectivity index (χ0) is 39.6. The second-order valence-corrected chi connectivity index (χ2v) is 18.0. The number of ketones is 1. The Bertz CT molecular complexity index is 1760. The summed E-state index contributed by atoms with van der Waals surface area (Å²) < 4.78 is 61.2. The topological polar surface area (TPSA) is 230 Å². The lowest BCUT2D eigenvalue weighted by Gasteiger charge is -2.20. The highest BCUT2D eigenvalue weighted by Crippen LogP contribution is 2.67. The number of nitrogens with zero attached hydrogens (tertiary/aromatic N) is 1. The molecule has 1 aromatic carbocycles. The molecule has 0 aliphatic carbocycles. The Hall–Kier alpha value is -2.32. The minimum atomic E-state index is -5.71. The summed E-state index contributed by atoms with van der Waals surface area (Å²) in [4.78, 5) is 68.2. The van der Waals surface area contributed by atoms with Gasteiger partial charge < -0.3 is 19.4 Å². The molecule has 1 aliphatic heterocycles. The third-order valence-corrected chi connectivity index (χ3v) is 12.9. The number of phosphoric acid groups is 3. The van der Waals surface area contributed by atoms with Crippen LogP contribution in [0.25, 0.3) is 0 Å². The van der Waals surface area contributed by atoms with Crippen molar-refractivity contribution in [3.8, 4) is 0 Å².